The van der Waals surface area contributed by atoms with Crippen molar-refractivity contribution in [2.75, 3.05) is 31.2 Å². The number of nitrogens with zero attached hydrogens (tertiary/aromatic N) is 3. The molecule has 25 heavy (non-hydrogen) atoms. The highest BCUT2D eigenvalue weighted by molar-refractivity contribution is 7.98. The predicted octanol–water partition coefficient (Wildman–Crippen LogP) is 2.34. The van der Waals surface area contributed by atoms with E-state index in [-0.39, 0.29) is 17.2 Å². The van der Waals surface area contributed by atoms with E-state index >= 15 is 0 Å². The van der Waals surface area contributed by atoms with E-state index in [1.807, 2.05) is 6.26 Å². The topological polar surface area (TPSA) is 92.3 Å². The van der Waals surface area contributed by atoms with Crippen LogP contribution in [0.2, 0.25) is 0 Å². The lowest BCUT2D eigenvalue weighted by Crippen LogP contribution is -2.28. The minimum Gasteiger partial charge on any atom is -0.353 e. The molecule has 134 valence electrons. The van der Waals surface area contributed by atoms with E-state index in [0.717, 1.165) is 12.8 Å². The minimum atomic E-state index is -3.52. The lowest BCUT2D eigenvalue weighted by Gasteiger charge is -2.15. The SMILES string of the molecule is CSc1nsc(NCC(=O)c2cccc(S(=O)(=O)N3CCCC3)c2)n1. The van der Waals surface area contributed by atoms with Gasteiger partial charge in [-0.2, -0.15) is 13.7 Å². The number of carbonyl (C=O) groups is 1. The molecule has 0 amide bonds. The number of carbonyl (C=O) groups excluding carboxylic acids is 1. The maximum absolute atomic E-state index is 12.6. The summed E-state index contributed by atoms with van der Waals surface area (Å²) < 4.78 is 30.8. The largest absolute Gasteiger partial charge is 0.353 e. The molecular formula is C15H18N4O3S3. The van der Waals surface area contributed by atoms with E-state index in [2.05, 4.69) is 14.7 Å². The van der Waals surface area contributed by atoms with Crippen molar-refractivity contribution in [2.45, 2.75) is 22.9 Å². The van der Waals surface area contributed by atoms with Gasteiger partial charge in [0.1, 0.15) is 0 Å². The molecule has 10 heteroatoms. The Kier molecular flexibility index (Phi) is 5.72. The average molecular weight is 399 g/mol. The molecule has 0 spiro atoms. The number of anilines is 1. The second kappa shape index (κ2) is 7.81. The van der Waals surface area contributed by atoms with Crippen molar-refractivity contribution in [2.24, 2.45) is 0 Å². The first-order chi connectivity index (χ1) is 12.0. The fraction of sp³-hybridized carbons (Fsp3) is 0.400. The lowest BCUT2D eigenvalue weighted by molar-refractivity contribution is 0.101. The Morgan fingerprint density at radius 1 is 1.36 bits per heavy atom. The van der Waals surface area contributed by atoms with Crippen molar-refractivity contribution >= 4 is 44.2 Å². The van der Waals surface area contributed by atoms with Crippen LogP contribution < -0.4 is 5.32 Å². The number of ketones is 1. The summed E-state index contributed by atoms with van der Waals surface area (Å²) in [5.41, 5.74) is 0.363. The summed E-state index contributed by atoms with van der Waals surface area (Å²) in [6, 6.07) is 6.21. The second-order valence-corrected chi connectivity index (χ2v) is 8.97. The first-order valence-corrected chi connectivity index (χ1v) is 11.2. The molecule has 1 aliphatic rings. The van der Waals surface area contributed by atoms with Gasteiger partial charge >= 0.3 is 0 Å². The van der Waals surface area contributed by atoms with Crippen molar-refractivity contribution in [3.05, 3.63) is 29.8 Å². The molecule has 7 nitrogen and oxygen atoms in total. The summed E-state index contributed by atoms with van der Waals surface area (Å²) in [6.45, 7) is 1.12. The van der Waals surface area contributed by atoms with Gasteiger partial charge < -0.3 is 5.32 Å². The molecule has 2 aromatic rings. The zero-order valence-corrected chi connectivity index (χ0v) is 16.1. The van der Waals surface area contributed by atoms with Crippen LogP contribution in [-0.2, 0) is 10.0 Å². The number of rotatable bonds is 7. The zero-order valence-electron chi connectivity index (χ0n) is 13.6. The van der Waals surface area contributed by atoms with Crippen molar-refractivity contribution < 1.29 is 13.2 Å². The number of nitrogens with one attached hydrogen (secondary N) is 1. The lowest BCUT2D eigenvalue weighted by atomic mass is 10.1. The van der Waals surface area contributed by atoms with Crippen LogP contribution in [0.4, 0.5) is 5.13 Å². The van der Waals surface area contributed by atoms with Crippen LogP contribution in [0, 0.1) is 0 Å². The highest BCUT2D eigenvalue weighted by Gasteiger charge is 2.27. The van der Waals surface area contributed by atoms with Gasteiger partial charge in [-0.3, -0.25) is 4.79 Å². The van der Waals surface area contributed by atoms with E-state index in [9.17, 15) is 13.2 Å². The molecule has 1 aromatic heterocycles. The Labute approximate surface area is 155 Å². The molecule has 0 unspecified atom stereocenters. The Balaban J connectivity index is 1.71. The van der Waals surface area contributed by atoms with Gasteiger partial charge in [-0.15, -0.1) is 0 Å². The molecule has 0 aliphatic carbocycles. The fourth-order valence-electron chi connectivity index (χ4n) is 2.53. The third kappa shape index (κ3) is 4.20. The van der Waals surface area contributed by atoms with Crippen LogP contribution in [0.5, 0.6) is 0 Å². The summed E-state index contributed by atoms with van der Waals surface area (Å²) in [5.74, 6) is -0.195. The standard InChI is InChI=1S/C15H18N4O3S3/c1-23-15-17-14(24-18-15)16-10-13(20)11-5-4-6-12(9-11)25(21,22)19-7-2-3-8-19/h4-6,9H,2-3,7-8,10H2,1H3,(H,16,17,18). The predicted molar refractivity (Wildman–Crippen MR) is 98.9 cm³/mol. The maximum Gasteiger partial charge on any atom is 0.243 e. The molecule has 1 aromatic carbocycles. The van der Waals surface area contributed by atoms with Crippen molar-refractivity contribution in [1.29, 1.82) is 0 Å². The van der Waals surface area contributed by atoms with Crippen LogP contribution in [0.3, 0.4) is 0 Å². The van der Waals surface area contributed by atoms with Gasteiger partial charge in [0.25, 0.3) is 0 Å². The number of aromatic nitrogens is 2. The highest BCUT2D eigenvalue weighted by Crippen LogP contribution is 2.22. The molecule has 0 radical (unpaired) electrons. The van der Waals surface area contributed by atoms with E-state index in [0.29, 0.717) is 28.9 Å². The van der Waals surface area contributed by atoms with Gasteiger partial charge in [0.2, 0.25) is 20.3 Å². The van der Waals surface area contributed by atoms with Gasteiger partial charge in [0.15, 0.2) is 5.78 Å². The smallest absolute Gasteiger partial charge is 0.243 e. The normalized spacial score (nSPS) is 15.4. The molecule has 2 heterocycles. The molecule has 1 fully saturated rings. The van der Waals surface area contributed by atoms with Gasteiger partial charge in [-0.1, -0.05) is 23.9 Å². The van der Waals surface area contributed by atoms with Crippen LogP contribution in [0.1, 0.15) is 23.2 Å². The third-order valence-electron chi connectivity index (χ3n) is 3.85. The van der Waals surface area contributed by atoms with E-state index < -0.39 is 10.0 Å². The Hall–Kier alpha value is -1.49. The number of hydrogen-bond acceptors (Lipinski definition) is 8. The molecule has 0 bridgehead atoms. The quantitative estimate of drug-likeness (QED) is 0.565. The highest BCUT2D eigenvalue weighted by atomic mass is 32.2. The van der Waals surface area contributed by atoms with Crippen LogP contribution >= 0.6 is 23.3 Å². The molecule has 1 saturated heterocycles. The maximum atomic E-state index is 12.6. The second-order valence-electron chi connectivity index (χ2n) is 5.50. The number of benzene rings is 1. The summed E-state index contributed by atoms with van der Waals surface area (Å²) >= 11 is 2.62. The summed E-state index contributed by atoms with van der Waals surface area (Å²) in [4.78, 5) is 16.8. The van der Waals surface area contributed by atoms with Gasteiger partial charge in [0, 0.05) is 30.2 Å². The summed E-state index contributed by atoms with van der Waals surface area (Å²) in [5, 5.41) is 4.15. The van der Waals surface area contributed by atoms with Crippen molar-refractivity contribution in [3.8, 4) is 0 Å². The summed E-state index contributed by atoms with van der Waals surface area (Å²) in [7, 11) is -3.52. The van der Waals surface area contributed by atoms with E-state index in [1.54, 1.807) is 12.1 Å². The number of thioether (sulfide) groups is 1. The average Bonchev–Trinajstić information content (AvgIpc) is 3.31. The van der Waals surface area contributed by atoms with Gasteiger partial charge in [0.05, 0.1) is 11.4 Å². The molecular weight excluding hydrogens is 380 g/mol. The molecule has 3 rings (SSSR count). The molecule has 0 saturated carbocycles. The third-order valence-corrected chi connectivity index (χ3v) is 7.08. The van der Waals surface area contributed by atoms with Crippen molar-refractivity contribution in [3.63, 3.8) is 0 Å². The summed E-state index contributed by atoms with van der Waals surface area (Å²) in [6.07, 6.45) is 3.63. The fourth-order valence-corrected chi connectivity index (χ4v) is 5.21. The number of Topliss-reactive ketones (excluding diaryl/α,β-unsaturated/α-hetero) is 1. The minimum absolute atomic E-state index is 0.0379. The van der Waals surface area contributed by atoms with Gasteiger partial charge in [-0.05, 0) is 31.2 Å². The molecule has 0 atom stereocenters. The van der Waals surface area contributed by atoms with Crippen LogP contribution in [-0.4, -0.2) is 53.8 Å². The molecule has 1 N–H and O–H groups in total. The van der Waals surface area contributed by atoms with E-state index in [1.165, 1.54) is 39.7 Å². The number of sulfonamides is 1. The first-order valence-electron chi connectivity index (χ1n) is 7.75. The Morgan fingerprint density at radius 2 is 2.12 bits per heavy atom. The monoisotopic (exact) mass is 398 g/mol. The van der Waals surface area contributed by atoms with Crippen LogP contribution in [0.25, 0.3) is 0 Å². The van der Waals surface area contributed by atoms with Crippen molar-refractivity contribution in [1.82, 2.24) is 13.7 Å². The molecule has 1 aliphatic heterocycles. The zero-order chi connectivity index (χ0) is 17.9. The Morgan fingerprint density at radius 3 is 2.80 bits per heavy atom. The first kappa shape index (κ1) is 18.3. The van der Waals surface area contributed by atoms with Crippen LogP contribution in [0.15, 0.2) is 34.3 Å². The van der Waals surface area contributed by atoms with Gasteiger partial charge in [-0.25, -0.2) is 8.42 Å². The number of hydrogen-bond donors (Lipinski definition) is 1. The van der Waals surface area contributed by atoms with E-state index in [4.69, 9.17) is 0 Å². The Bertz CT molecular complexity index is 860.